The number of pyridine rings is 1. The molecule has 0 atom stereocenters. The molecule has 0 radical (unpaired) electrons. The Morgan fingerprint density at radius 1 is 1.50 bits per heavy atom. The third-order valence-corrected chi connectivity index (χ3v) is 2.48. The summed E-state index contributed by atoms with van der Waals surface area (Å²) in [5.74, 6) is 0.570. The SMILES string of the molecule is Nc1[nH]nc2nc3c(cc12)COCC3. The molecule has 1 aliphatic rings. The van der Waals surface area contributed by atoms with Gasteiger partial charge in [0.2, 0.25) is 0 Å². The van der Waals surface area contributed by atoms with Gasteiger partial charge in [-0.1, -0.05) is 0 Å². The summed E-state index contributed by atoms with van der Waals surface area (Å²) in [6.07, 6.45) is 0.859. The number of nitrogen functional groups attached to an aromatic ring is 1. The zero-order chi connectivity index (χ0) is 9.54. The summed E-state index contributed by atoms with van der Waals surface area (Å²) in [5.41, 5.74) is 8.61. The Bertz CT molecular complexity index is 491. The van der Waals surface area contributed by atoms with E-state index >= 15 is 0 Å². The van der Waals surface area contributed by atoms with Gasteiger partial charge in [0, 0.05) is 12.0 Å². The maximum atomic E-state index is 5.71. The first kappa shape index (κ1) is 7.75. The second kappa shape index (κ2) is 2.68. The van der Waals surface area contributed by atoms with Crippen molar-refractivity contribution >= 4 is 16.9 Å². The van der Waals surface area contributed by atoms with Gasteiger partial charge in [0.15, 0.2) is 5.65 Å². The summed E-state index contributed by atoms with van der Waals surface area (Å²) in [6.45, 7) is 1.37. The standard InChI is InChI=1S/C9H10N4O/c10-8-6-3-5-4-14-2-1-7(5)11-9(6)13-12-8/h3H,1-2,4H2,(H3,10,11,12,13). The molecule has 0 spiro atoms. The average molecular weight is 190 g/mol. The van der Waals surface area contributed by atoms with Crippen LogP contribution in [0.15, 0.2) is 6.07 Å². The van der Waals surface area contributed by atoms with Crippen molar-refractivity contribution in [1.29, 1.82) is 0 Å². The van der Waals surface area contributed by atoms with E-state index in [1.165, 1.54) is 0 Å². The zero-order valence-electron chi connectivity index (χ0n) is 7.58. The number of nitrogens with one attached hydrogen (secondary N) is 1. The highest BCUT2D eigenvalue weighted by molar-refractivity contribution is 5.86. The van der Waals surface area contributed by atoms with Crippen molar-refractivity contribution in [2.75, 3.05) is 12.3 Å². The van der Waals surface area contributed by atoms with Crippen LogP contribution in [0.4, 0.5) is 5.82 Å². The highest BCUT2D eigenvalue weighted by atomic mass is 16.5. The first-order chi connectivity index (χ1) is 6.84. The van der Waals surface area contributed by atoms with Crippen molar-refractivity contribution in [2.24, 2.45) is 0 Å². The van der Waals surface area contributed by atoms with Crippen molar-refractivity contribution in [1.82, 2.24) is 15.2 Å². The lowest BCUT2D eigenvalue weighted by molar-refractivity contribution is 0.109. The van der Waals surface area contributed by atoms with Crippen molar-refractivity contribution in [3.05, 3.63) is 17.3 Å². The van der Waals surface area contributed by atoms with Crippen molar-refractivity contribution in [3.8, 4) is 0 Å². The van der Waals surface area contributed by atoms with Crippen LogP contribution in [0.5, 0.6) is 0 Å². The third-order valence-electron chi connectivity index (χ3n) is 2.48. The summed E-state index contributed by atoms with van der Waals surface area (Å²) >= 11 is 0. The Kier molecular flexibility index (Phi) is 1.49. The Morgan fingerprint density at radius 3 is 3.36 bits per heavy atom. The van der Waals surface area contributed by atoms with Gasteiger partial charge in [-0.2, -0.15) is 5.10 Å². The molecule has 0 amide bonds. The zero-order valence-corrected chi connectivity index (χ0v) is 7.58. The van der Waals surface area contributed by atoms with Gasteiger partial charge < -0.3 is 10.5 Å². The molecule has 0 aliphatic carbocycles. The van der Waals surface area contributed by atoms with Crippen LogP contribution >= 0.6 is 0 Å². The Labute approximate surface area is 80.3 Å². The van der Waals surface area contributed by atoms with Crippen LogP contribution in [0, 0.1) is 0 Å². The predicted molar refractivity (Wildman–Crippen MR) is 51.7 cm³/mol. The molecule has 2 aromatic rings. The maximum Gasteiger partial charge on any atom is 0.183 e. The fourth-order valence-electron chi connectivity index (χ4n) is 1.73. The number of nitrogens with two attached hydrogens (primary N) is 1. The minimum Gasteiger partial charge on any atom is -0.384 e. The minimum absolute atomic E-state index is 0.570. The van der Waals surface area contributed by atoms with Gasteiger partial charge in [0.1, 0.15) is 5.82 Å². The van der Waals surface area contributed by atoms with E-state index in [-0.39, 0.29) is 0 Å². The molecule has 0 aromatic carbocycles. The van der Waals surface area contributed by atoms with Gasteiger partial charge in [-0.25, -0.2) is 4.98 Å². The highest BCUT2D eigenvalue weighted by Crippen LogP contribution is 2.22. The van der Waals surface area contributed by atoms with Crippen LogP contribution in [0.1, 0.15) is 11.3 Å². The van der Waals surface area contributed by atoms with Crippen molar-refractivity contribution in [2.45, 2.75) is 13.0 Å². The number of rotatable bonds is 0. The quantitative estimate of drug-likeness (QED) is 0.638. The molecule has 0 fully saturated rings. The largest absolute Gasteiger partial charge is 0.384 e. The predicted octanol–water partition coefficient (Wildman–Crippen LogP) is 0.613. The van der Waals surface area contributed by atoms with E-state index in [1.807, 2.05) is 6.07 Å². The maximum absolute atomic E-state index is 5.71. The van der Waals surface area contributed by atoms with E-state index in [0.29, 0.717) is 18.1 Å². The van der Waals surface area contributed by atoms with E-state index in [0.717, 1.165) is 29.7 Å². The smallest absolute Gasteiger partial charge is 0.183 e. The summed E-state index contributed by atoms with van der Waals surface area (Å²) in [4.78, 5) is 4.43. The number of anilines is 1. The first-order valence-corrected chi connectivity index (χ1v) is 4.54. The summed E-state index contributed by atoms with van der Waals surface area (Å²) in [7, 11) is 0. The number of ether oxygens (including phenoxy) is 1. The Hall–Kier alpha value is -1.62. The van der Waals surface area contributed by atoms with Crippen LogP contribution < -0.4 is 5.73 Å². The molecular weight excluding hydrogens is 180 g/mol. The van der Waals surface area contributed by atoms with E-state index in [9.17, 15) is 0 Å². The second-order valence-corrected chi connectivity index (χ2v) is 3.41. The van der Waals surface area contributed by atoms with E-state index in [2.05, 4.69) is 15.2 Å². The molecule has 3 N–H and O–H groups in total. The van der Waals surface area contributed by atoms with Gasteiger partial charge in [-0.15, -0.1) is 0 Å². The monoisotopic (exact) mass is 190 g/mol. The van der Waals surface area contributed by atoms with Gasteiger partial charge in [-0.3, -0.25) is 5.10 Å². The second-order valence-electron chi connectivity index (χ2n) is 3.41. The molecule has 3 rings (SSSR count). The van der Waals surface area contributed by atoms with Crippen LogP contribution in [0.2, 0.25) is 0 Å². The Balaban J connectivity index is 2.29. The molecular formula is C9H10N4O. The molecule has 2 aromatic heterocycles. The lowest BCUT2D eigenvalue weighted by Gasteiger charge is -2.14. The number of hydrogen-bond acceptors (Lipinski definition) is 4. The van der Waals surface area contributed by atoms with Gasteiger partial charge >= 0.3 is 0 Å². The lowest BCUT2D eigenvalue weighted by Crippen LogP contribution is -2.11. The normalized spacial score (nSPS) is 15.7. The van der Waals surface area contributed by atoms with Crippen LogP contribution in [0.25, 0.3) is 11.0 Å². The molecule has 0 bridgehead atoms. The van der Waals surface area contributed by atoms with Crippen LogP contribution in [-0.2, 0) is 17.8 Å². The number of nitrogens with zero attached hydrogens (tertiary/aromatic N) is 2. The van der Waals surface area contributed by atoms with E-state index < -0.39 is 0 Å². The van der Waals surface area contributed by atoms with Gasteiger partial charge in [0.25, 0.3) is 0 Å². The molecule has 0 saturated carbocycles. The summed E-state index contributed by atoms with van der Waals surface area (Å²) in [5, 5.41) is 7.63. The topological polar surface area (TPSA) is 76.8 Å². The molecule has 0 unspecified atom stereocenters. The molecule has 5 heteroatoms. The average Bonchev–Trinajstić information content (AvgIpc) is 2.57. The summed E-state index contributed by atoms with van der Waals surface area (Å²) < 4.78 is 5.35. The van der Waals surface area contributed by atoms with E-state index in [4.69, 9.17) is 10.5 Å². The molecule has 5 nitrogen and oxygen atoms in total. The number of hydrogen-bond donors (Lipinski definition) is 2. The Morgan fingerprint density at radius 2 is 2.43 bits per heavy atom. The molecule has 72 valence electrons. The number of aromatic amines is 1. The number of aromatic nitrogens is 3. The minimum atomic E-state index is 0.570. The fourth-order valence-corrected chi connectivity index (χ4v) is 1.73. The first-order valence-electron chi connectivity index (χ1n) is 4.54. The van der Waals surface area contributed by atoms with E-state index in [1.54, 1.807) is 0 Å². The fraction of sp³-hybridized carbons (Fsp3) is 0.333. The van der Waals surface area contributed by atoms with Crippen molar-refractivity contribution < 1.29 is 4.74 Å². The van der Waals surface area contributed by atoms with Crippen LogP contribution in [-0.4, -0.2) is 21.8 Å². The number of H-pyrrole nitrogens is 1. The number of fused-ring (bicyclic) bond motifs is 2. The molecule has 3 heterocycles. The van der Waals surface area contributed by atoms with Gasteiger partial charge in [0.05, 0.1) is 24.3 Å². The highest BCUT2D eigenvalue weighted by Gasteiger charge is 2.14. The lowest BCUT2D eigenvalue weighted by atomic mass is 10.1. The molecule has 0 saturated heterocycles. The molecule has 1 aliphatic heterocycles. The third kappa shape index (κ3) is 0.990. The molecule has 14 heavy (non-hydrogen) atoms. The van der Waals surface area contributed by atoms with Crippen molar-refractivity contribution in [3.63, 3.8) is 0 Å². The van der Waals surface area contributed by atoms with Crippen LogP contribution in [0.3, 0.4) is 0 Å². The summed E-state index contributed by atoms with van der Waals surface area (Å²) in [6, 6.07) is 2.01. The van der Waals surface area contributed by atoms with Gasteiger partial charge in [-0.05, 0) is 6.07 Å².